The van der Waals surface area contributed by atoms with E-state index in [1.165, 1.54) is 11.3 Å². The number of carbonyl (C=O) groups excluding carboxylic acids is 1. The second-order valence-corrected chi connectivity index (χ2v) is 4.86. The van der Waals surface area contributed by atoms with Gasteiger partial charge in [0.25, 0.3) is 5.91 Å². The third kappa shape index (κ3) is 2.58. The number of thiophene rings is 1. The standard InChI is InChI=1S/C11H16N2OS/c1-9-4-6-13(7-5-12-9)11(14)10-3-2-8-15-10/h2-3,8-9,12H,4-7H2,1H3. The maximum atomic E-state index is 12.0. The van der Waals surface area contributed by atoms with Gasteiger partial charge in [0.2, 0.25) is 0 Å². The zero-order valence-electron chi connectivity index (χ0n) is 8.90. The molecule has 0 aliphatic carbocycles. The van der Waals surface area contributed by atoms with Crippen LogP contribution in [0.2, 0.25) is 0 Å². The monoisotopic (exact) mass is 224 g/mol. The van der Waals surface area contributed by atoms with E-state index in [4.69, 9.17) is 0 Å². The second kappa shape index (κ2) is 4.77. The molecule has 1 N–H and O–H groups in total. The van der Waals surface area contributed by atoms with Gasteiger partial charge in [-0.15, -0.1) is 11.3 Å². The molecule has 0 radical (unpaired) electrons. The van der Waals surface area contributed by atoms with Crippen LogP contribution in [0.15, 0.2) is 17.5 Å². The van der Waals surface area contributed by atoms with Crippen molar-refractivity contribution in [1.29, 1.82) is 0 Å². The molecule has 1 aromatic heterocycles. The van der Waals surface area contributed by atoms with E-state index in [0.29, 0.717) is 6.04 Å². The number of nitrogens with zero attached hydrogens (tertiary/aromatic N) is 1. The van der Waals surface area contributed by atoms with Crippen molar-refractivity contribution in [3.63, 3.8) is 0 Å². The van der Waals surface area contributed by atoms with Crippen LogP contribution in [0.1, 0.15) is 23.0 Å². The molecule has 1 unspecified atom stereocenters. The van der Waals surface area contributed by atoms with Gasteiger partial charge in [0.15, 0.2) is 0 Å². The molecule has 2 rings (SSSR count). The maximum absolute atomic E-state index is 12.0. The molecular weight excluding hydrogens is 208 g/mol. The quantitative estimate of drug-likeness (QED) is 0.785. The molecule has 0 aromatic carbocycles. The molecule has 1 aromatic rings. The van der Waals surface area contributed by atoms with E-state index in [1.807, 2.05) is 22.4 Å². The fraction of sp³-hybridized carbons (Fsp3) is 0.545. The molecule has 1 saturated heterocycles. The van der Waals surface area contributed by atoms with Crippen molar-refractivity contribution < 1.29 is 4.79 Å². The van der Waals surface area contributed by atoms with Gasteiger partial charge in [-0.05, 0) is 24.8 Å². The number of rotatable bonds is 1. The van der Waals surface area contributed by atoms with Gasteiger partial charge in [0.05, 0.1) is 4.88 Å². The normalized spacial score (nSPS) is 22.5. The molecule has 0 spiro atoms. The van der Waals surface area contributed by atoms with Gasteiger partial charge in [0.1, 0.15) is 0 Å². The molecule has 0 saturated carbocycles. The summed E-state index contributed by atoms with van der Waals surface area (Å²) >= 11 is 1.52. The van der Waals surface area contributed by atoms with Crippen LogP contribution in [0.3, 0.4) is 0 Å². The first kappa shape index (κ1) is 10.6. The molecule has 1 fully saturated rings. The lowest BCUT2D eigenvalue weighted by atomic mass is 10.2. The topological polar surface area (TPSA) is 32.3 Å². The molecule has 82 valence electrons. The van der Waals surface area contributed by atoms with Crippen LogP contribution in [0, 0.1) is 0 Å². The van der Waals surface area contributed by atoms with Crippen LogP contribution in [0.4, 0.5) is 0 Å². The predicted octanol–water partition coefficient (Wildman–Crippen LogP) is 1.57. The zero-order valence-corrected chi connectivity index (χ0v) is 9.72. The van der Waals surface area contributed by atoms with E-state index in [-0.39, 0.29) is 5.91 Å². The van der Waals surface area contributed by atoms with Gasteiger partial charge in [0, 0.05) is 25.7 Å². The Morgan fingerprint density at radius 2 is 2.47 bits per heavy atom. The van der Waals surface area contributed by atoms with E-state index < -0.39 is 0 Å². The van der Waals surface area contributed by atoms with Gasteiger partial charge in [-0.1, -0.05) is 6.07 Å². The van der Waals surface area contributed by atoms with E-state index in [2.05, 4.69) is 12.2 Å². The van der Waals surface area contributed by atoms with Crippen molar-refractivity contribution in [3.8, 4) is 0 Å². The maximum Gasteiger partial charge on any atom is 0.263 e. The number of hydrogen-bond donors (Lipinski definition) is 1. The summed E-state index contributed by atoms with van der Waals surface area (Å²) in [4.78, 5) is 14.8. The van der Waals surface area contributed by atoms with Crippen LogP contribution < -0.4 is 5.32 Å². The molecule has 3 nitrogen and oxygen atoms in total. The van der Waals surface area contributed by atoms with Crippen molar-refractivity contribution in [3.05, 3.63) is 22.4 Å². The highest BCUT2D eigenvalue weighted by molar-refractivity contribution is 7.12. The van der Waals surface area contributed by atoms with Gasteiger partial charge in [-0.2, -0.15) is 0 Å². The summed E-state index contributed by atoms with van der Waals surface area (Å²) in [5.41, 5.74) is 0. The van der Waals surface area contributed by atoms with Crippen LogP contribution in [0.5, 0.6) is 0 Å². The minimum absolute atomic E-state index is 0.181. The summed E-state index contributed by atoms with van der Waals surface area (Å²) in [6.07, 6.45) is 1.04. The molecular formula is C11H16N2OS. The SMILES string of the molecule is CC1CCN(C(=O)c2cccs2)CCN1. The molecule has 2 heterocycles. The Bertz CT molecular complexity index is 323. The molecule has 15 heavy (non-hydrogen) atoms. The highest BCUT2D eigenvalue weighted by atomic mass is 32.1. The smallest absolute Gasteiger partial charge is 0.263 e. The molecule has 1 aliphatic rings. The lowest BCUT2D eigenvalue weighted by molar-refractivity contribution is 0.0770. The van der Waals surface area contributed by atoms with Crippen LogP contribution in [-0.2, 0) is 0 Å². The number of carbonyl (C=O) groups is 1. The highest BCUT2D eigenvalue weighted by Crippen LogP contribution is 2.13. The third-order valence-electron chi connectivity index (χ3n) is 2.73. The predicted molar refractivity (Wildman–Crippen MR) is 62.3 cm³/mol. The second-order valence-electron chi connectivity index (χ2n) is 3.91. The van der Waals surface area contributed by atoms with E-state index >= 15 is 0 Å². The lowest BCUT2D eigenvalue weighted by Crippen LogP contribution is -2.33. The Morgan fingerprint density at radius 1 is 1.60 bits per heavy atom. The van der Waals surface area contributed by atoms with Crippen molar-refractivity contribution >= 4 is 17.2 Å². The van der Waals surface area contributed by atoms with E-state index in [0.717, 1.165) is 30.9 Å². The Labute approximate surface area is 94.1 Å². The minimum Gasteiger partial charge on any atom is -0.337 e. The summed E-state index contributed by atoms with van der Waals surface area (Å²) in [5.74, 6) is 0.181. The van der Waals surface area contributed by atoms with Gasteiger partial charge >= 0.3 is 0 Å². The number of nitrogens with one attached hydrogen (secondary N) is 1. The average molecular weight is 224 g/mol. The highest BCUT2D eigenvalue weighted by Gasteiger charge is 2.19. The average Bonchev–Trinajstić information content (AvgIpc) is 2.67. The number of hydrogen-bond acceptors (Lipinski definition) is 3. The molecule has 1 amide bonds. The number of amides is 1. The molecule has 1 aliphatic heterocycles. The van der Waals surface area contributed by atoms with Gasteiger partial charge in [-0.25, -0.2) is 0 Å². The zero-order chi connectivity index (χ0) is 10.7. The first-order valence-electron chi connectivity index (χ1n) is 5.33. The fourth-order valence-corrected chi connectivity index (χ4v) is 2.46. The first-order chi connectivity index (χ1) is 7.27. The van der Waals surface area contributed by atoms with E-state index in [1.54, 1.807) is 0 Å². The van der Waals surface area contributed by atoms with Crippen LogP contribution in [0.25, 0.3) is 0 Å². The van der Waals surface area contributed by atoms with Gasteiger partial charge < -0.3 is 10.2 Å². The molecule has 0 bridgehead atoms. The van der Waals surface area contributed by atoms with Crippen molar-refractivity contribution in [2.45, 2.75) is 19.4 Å². The van der Waals surface area contributed by atoms with E-state index in [9.17, 15) is 4.79 Å². The summed E-state index contributed by atoms with van der Waals surface area (Å²) < 4.78 is 0. The Morgan fingerprint density at radius 3 is 3.20 bits per heavy atom. The van der Waals surface area contributed by atoms with Gasteiger partial charge in [-0.3, -0.25) is 4.79 Å². The Balaban J connectivity index is 2.01. The van der Waals surface area contributed by atoms with Crippen LogP contribution >= 0.6 is 11.3 Å². The summed E-state index contributed by atoms with van der Waals surface area (Å²) in [6.45, 7) is 4.75. The summed E-state index contributed by atoms with van der Waals surface area (Å²) in [5, 5.41) is 5.33. The van der Waals surface area contributed by atoms with Crippen molar-refractivity contribution in [2.75, 3.05) is 19.6 Å². The van der Waals surface area contributed by atoms with Crippen LogP contribution in [-0.4, -0.2) is 36.5 Å². The summed E-state index contributed by atoms with van der Waals surface area (Å²) in [6, 6.07) is 4.34. The Hall–Kier alpha value is -0.870. The lowest BCUT2D eigenvalue weighted by Gasteiger charge is -2.18. The largest absolute Gasteiger partial charge is 0.337 e. The Kier molecular flexibility index (Phi) is 3.38. The van der Waals surface area contributed by atoms with Crippen molar-refractivity contribution in [1.82, 2.24) is 10.2 Å². The molecule has 4 heteroatoms. The van der Waals surface area contributed by atoms with Crippen molar-refractivity contribution in [2.24, 2.45) is 0 Å². The third-order valence-corrected chi connectivity index (χ3v) is 3.58. The molecule has 1 atom stereocenters. The fourth-order valence-electron chi connectivity index (χ4n) is 1.77. The summed E-state index contributed by atoms with van der Waals surface area (Å²) in [7, 11) is 0. The minimum atomic E-state index is 0.181. The first-order valence-corrected chi connectivity index (χ1v) is 6.21.